The Morgan fingerprint density at radius 3 is 1.34 bits per heavy atom. The zero-order valence-electron chi connectivity index (χ0n) is 36.5. The van der Waals surface area contributed by atoms with Crippen LogP contribution in [-0.4, -0.2) is 78.8 Å². The minimum atomic E-state index is -1.24. The molecule has 2 N–H and O–H groups in total. The topological polar surface area (TPSA) is 127 Å². The van der Waals surface area contributed by atoms with E-state index in [1.54, 1.807) is 0 Å². The van der Waals surface area contributed by atoms with Gasteiger partial charge in [-0.1, -0.05) is 182 Å². The van der Waals surface area contributed by atoms with Crippen LogP contribution in [0.25, 0.3) is 0 Å². The zero-order chi connectivity index (χ0) is 44.7. The molecule has 7 rings (SSSR count). The lowest BCUT2D eigenvalue weighted by Crippen LogP contribution is -2.62. The number of hydrogen-bond donors (Lipinski definition) is 2. The van der Waals surface area contributed by atoms with E-state index in [9.17, 15) is 10.3 Å². The van der Waals surface area contributed by atoms with Crippen molar-refractivity contribution in [3.05, 3.63) is 215 Å². The van der Waals surface area contributed by atoms with Gasteiger partial charge in [0, 0.05) is 12.6 Å². The van der Waals surface area contributed by atoms with Crippen molar-refractivity contribution in [2.24, 2.45) is 5.16 Å². The van der Waals surface area contributed by atoms with Crippen LogP contribution in [-0.2, 0) is 77.5 Å². The van der Waals surface area contributed by atoms with E-state index in [1.807, 2.05) is 182 Å². The highest BCUT2D eigenvalue weighted by atomic mass is 16.7. The number of ether oxygens (including phenoxy) is 8. The molecule has 1 heterocycles. The number of rotatable bonds is 26. The molecular formula is C54H59NO10. The predicted molar refractivity (Wildman–Crippen MR) is 247 cm³/mol. The average molecular weight is 882 g/mol. The molecule has 0 amide bonds. The van der Waals surface area contributed by atoms with Crippen molar-refractivity contribution in [3.8, 4) is 0 Å². The molecule has 1 aliphatic rings. The van der Waals surface area contributed by atoms with Crippen LogP contribution in [0, 0.1) is 0 Å². The molecule has 1 aliphatic heterocycles. The Bertz CT molecular complexity index is 2190. The van der Waals surface area contributed by atoms with Crippen molar-refractivity contribution in [3.63, 3.8) is 0 Å². The Labute approximate surface area is 382 Å². The van der Waals surface area contributed by atoms with E-state index in [0.29, 0.717) is 6.61 Å². The molecule has 340 valence electrons. The van der Waals surface area contributed by atoms with Gasteiger partial charge in [-0.25, -0.2) is 0 Å². The second kappa shape index (κ2) is 26.4. The van der Waals surface area contributed by atoms with Gasteiger partial charge >= 0.3 is 0 Å². The van der Waals surface area contributed by atoms with Crippen LogP contribution >= 0.6 is 0 Å². The number of nitrogens with zero attached hydrogens (tertiary/aromatic N) is 1. The van der Waals surface area contributed by atoms with Crippen LogP contribution in [0.1, 0.15) is 39.8 Å². The van der Waals surface area contributed by atoms with E-state index in [0.717, 1.165) is 33.4 Å². The number of oxime groups is 1. The first kappa shape index (κ1) is 47.4. The fraction of sp³-hybridized carbons (Fsp3) is 0.315. The second-order valence-electron chi connectivity index (χ2n) is 15.9. The number of aliphatic hydroxyl groups is 1. The van der Waals surface area contributed by atoms with Crippen LogP contribution in [0.3, 0.4) is 0 Å². The molecule has 0 aliphatic carbocycles. The first-order chi connectivity index (χ1) is 32.1. The van der Waals surface area contributed by atoms with Crippen molar-refractivity contribution in [1.82, 2.24) is 0 Å². The van der Waals surface area contributed by atoms with Gasteiger partial charge in [0.2, 0.25) is 0 Å². The minimum absolute atomic E-state index is 0.145. The van der Waals surface area contributed by atoms with Crippen molar-refractivity contribution < 1.29 is 48.2 Å². The maximum atomic E-state index is 12.2. The van der Waals surface area contributed by atoms with Crippen molar-refractivity contribution in [2.45, 2.75) is 95.1 Å². The summed E-state index contributed by atoms with van der Waals surface area (Å²) >= 11 is 0. The van der Waals surface area contributed by atoms with Gasteiger partial charge in [0.25, 0.3) is 0 Å². The fourth-order valence-corrected chi connectivity index (χ4v) is 7.63. The number of benzene rings is 6. The van der Waals surface area contributed by atoms with Crippen LogP contribution in [0.15, 0.2) is 187 Å². The predicted octanol–water partition coefficient (Wildman–Crippen LogP) is 9.08. The van der Waals surface area contributed by atoms with E-state index >= 15 is 0 Å². The van der Waals surface area contributed by atoms with Gasteiger partial charge in [0.15, 0.2) is 6.29 Å². The molecule has 0 bridgehead atoms. The SMILES string of the molecule is O/N=C/C[C@@H](OCc1ccccc1)[C@H](OCc1ccccc1)[C@H](O)CO[C@H]1O[C@H](COCc2ccccc2)[C@H](OCc2ccccc2)[C@H](OCc2ccccc2)[C@H]1OCc1ccccc1. The van der Waals surface area contributed by atoms with Crippen LogP contribution in [0.5, 0.6) is 0 Å². The highest BCUT2D eigenvalue weighted by molar-refractivity contribution is 5.57. The molecule has 0 spiro atoms. The van der Waals surface area contributed by atoms with Crippen molar-refractivity contribution >= 4 is 6.21 Å². The van der Waals surface area contributed by atoms with Gasteiger partial charge in [-0.3, -0.25) is 0 Å². The van der Waals surface area contributed by atoms with Crippen molar-refractivity contribution in [1.29, 1.82) is 0 Å². The Kier molecular flexibility index (Phi) is 19.3. The molecule has 0 aromatic heterocycles. The average Bonchev–Trinajstić information content (AvgIpc) is 3.36. The Hall–Kier alpha value is -5.57. The standard InChI is InChI=1S/C54H59NO10/c56-47(50(60-35-43-23-11-3-12-24-43)48(31-32-55-57)59-34-42-21-9-2-10-22-42)39-64-54-53(63-38-46-29-17-6-18-30-46)52(62-37-45-27-15-5-16-28-45)51(61-36-44-25-13-4-14-26-44)49(65-54)40-58-33-41-19-7-1-8-20-41/h1-30,32,47-54,56-57H,31,33-40H2/b55-32+/t47-,48-,49-,50-,51+,52+,53-,54+/m1/s1. The third kappa shape index (κ3) is 15.3. The van der Waals surface area contributed by atoms with E-state index in [2.05, 4.69) is 5.16 Å². The third-order valence-corrected chi connectivity index (χ3v) is 11.0. The van der Waals surface area contributed by atoms with E-state index in [1.165, 1.54) is 6.21 Å². The molecule has 11 heteroatoms. The molecule has 6 aromatic rings. The molecule has 1 saturated heterocycles. The Balaban J connectivity index is 1.18. The Morgan fingerprint density at radius 1 is 0.477 bits per heavy atom. The normalized spacial score (nSPS) is 20.0. The molecule has 1 fully saturated rings. The maximum Gasteiger partial charge on any atom is 0.187 e. The van der Waals surface area contributed by atoms with Gasteiger partial charge in [-0.2, -0.15) is 0 Å². The van der Waals surface area contributed by atoms with Crippen LogP contribution in [0.4, 0.5) is 0 Å². The molecule has 0 unspecified atom stereocenters. The number of hydrogen-bond acceptors (Lipinski definition) is 11. The summed E-state index contributed by atoms with van der Waals surface area (Å²) < 4.78 is 53.3. The quantitative estimate of drug-likeness (QED) is 0.0310. The molecule has 8 atom stereocenters. The summed E-state index contributed by atoms with van der Waals surface area (Å²) in [6.45, 7) is 1.44. The molecule has 0 radical (unpaired) electrons. The Morgan fingerprint density at radius 2 is 0.877 bits per heavy atom. The minimum Gasteiger partial charge on any atom is -0.411 e. The molecule has 65 heavy (non-hydrogen) atoms. The highest BCUT2D eigenvalue weighted by Gasteiger charge is 2.49. The van der Waals surface area contributed by atoms with Gasteiger partial charge in [0.05, 0.1) is 59.0 Å². The van der Waals surface area contributed by atoms with Gasteiger partial charge in [-0.05, 0) is 33.4 Å². The van der Waals surface area contributed by atoms with E-state index < -0.39 is 49.0 Å². The van der Waals surface area contributed by atoms with Gasteiger partial charge < -0.3 is 48.2 Å². The highest BCUT2D eigenvalue weighted by Crippen LogP contribution is 2.32. The lowest BCUT2D eigenvalue weighted by molar-refractivity contribution is -0.332. The fourth-order valence-electron chi connectivity index (χ4n) is 7.63. The third-order valence-electron chi connectivity index (χ3n) is 11.0. The summed E-state index contributed by atoms with van der Waals surface area (Å²) in [4.78, 5) is 0. The smallest absolute Gasteiger partial charge is 0.187 e. The molecular weight excluding hydrogens is 823 g/mol. The molecule has 6 aromatic carbocycles. The van der Waals surface area contributed by atoms with E-state index in [4.69, 9.17) is 37.9 Å². The first-order valence-corrected chi connectivity index (χ1v) is 22.1. The lowest BCUT2D eigenvalue weighted by atomic mass is 9.97. The molecule has 0 saturated carbocycles. The zero-order valence-corrected chi connectivity index (χ0v) is 36.5. The largest absolute Gasteiger partial charge is 0.411 e. The summed E-state index contributed by atoms with van der Waals surface area (Å²) in [6.07, 6.45) is -5.40. The van der Waals surface area contributed by atoms with Crippen LogP contribution in [0.2, 0.25) is 0 Å². The monoisotopic (exact) mass is 881 g/mol. The summed E-state index contributed by atoms with van der Waals surface area (Å²) in [5.41, 5.74) is 5.76. The van der Waals surface area contributed by atoms with Crippen LogP contribution < -0.4 is 0 Å². The summed E-state index contributed by atoms with van der Waals surface area (Å²) in [6, 6.07) is 59.1. The summed E-state index contributed by atoms with van der Waals surface area (Å²) in [7, 11) is 0. The maximum absolute atomic E-state index is 12.2. The number of aliphatic hydroxyl groups excluding tert-OH is 1. The van der Waals surface area contributed by atoms with Gasteiger partial charge in [-0.15, -0.1) is 5.16 Å². The van der Waals surface area contributed by atoms with E-state index in [-0.39, 0.29) is 52.7 Å². The first-order valence-electron chi connectivity index (χ1n) is 22.1. The summed E-state index contributed by atoms with van der Waals surface area (Å²) in [5.74, 6) is 0. The van der Waals surface area contributed by atoms with Gasteiger partial charge in [0.1, 0.15) is 36.6 Å². The molecule has 11 nitrogen and oxygen atoms in total. The second-order valence-corrected chi connectivity index (χ2v) is 15.9. The van der Waals surface area contributed by atoms with Crippen molar-refractivity contribution in [2.75, 3.05) is 13.2 Å². The lowest BCUT2D eigenvalue weighted by Gasteiger charge is -2.46. The summed E-state index contributed by atoms with van der Waals surface area (Å²) in [5, 5.41) is 24.9.